The van der Waals surface area contributed by atoms with E-state index in [0.717, 1.165) is 61.5 Å². The summed E-state index contributed by atoms with van der Waals surface area (Å²) in [6.45, 7) is 2.28. The Kier molecular flexibility index (Phi) is 9.58. The Morgan fingerprint density at radius 3 is 2.03 bits per heavy atom. The summed E-state index contributed by atoms with van der Waals surface area (Å²) < 4.78 is 45.2. The molecule has 196 valence electrons. The summed E-state index contributed by atoms with van der Waals surface area (Å²) in [5, 5.41) is 0. The van der Waals surface area contributed by atoms with Crippen molar-refractivity contribution in [1.82, 2.24) is 0 Å². The maximum Gasteiger partial charge on any atom is 0.314 e. The molecule has 0 heterocycles. The van der Waals surface area contributed by atoms with Crippen molar-refractivity contribution in [3.05, 3.63) is 29.6 Å². The SMILES string of the molecule is CCCCCCCC1CCC2CC(C3CCC(C(=O)Oc4cc(F)c(F)c(F)c4)CC3)CCC2C1. The summed E-state index contributed by atoms with van der Waals surface area (Å²) in [7, 11) is 0. The van der Waals surface area contributed by atoms with Gasteiger partial charge in [0.25, 0.3) is 0 Å². The highest BCUT2D eigenvalue weighted by Gasteiger charge is 2.39. The molecule has 4 rings (SSSR count). The number of benzene rings is 1. The van der Waals surface area contributed by atoms with Crippen LogP contribution in [-0.4, -0.2) is 5.97 Å². The number of unbranched alkanes of at least 4 members (excludes halogenated alkanes) is 4. The third-order valence-electron chi connectivity index (χ3n) is 9.43. The third-order valence-corrected chi connectivity index (χ3v) is 9.43. The molecule has 0 bridgehead atoms. The molecular formula is C30H43F3O2. The first-order chi connectivity index (χ1) is 16.9. The molecule has 0 N–H and O–H groups in total. The average molecular weight is 493 g/mol. The predicted octanol–water partition coefficient (Wildman–Crippen LogP) is 9.01. The lowest BCUT2D eigenvalue weighted by Crippen LogP contribution is -2.35. The normalized spacial score (nSPS) is 31.1. The van der Waals surface area contributed by atoms with Gasteiger partial charge in [-0.2, -0.15) is 0 Å². The van der Waals surface area contributed by atoms with Gasteiger partial charge in [-0.05, 0) is 87.4 Å². The van der Waals surface area contributed by atoms with Gasteiger partial charge in [0, 0.05) is 12.1 Å². The summed E-state index contributed by atoms with van der Waals surface area (Å²) in [4.78, 5) is 12.5. The van der Waals surface area contributed by atoms with Crippen LogP contribution in [0.1, 0.15) is 110 Å². The number of fused-ring (bicyclic) bond motifs is 1. The standard InChI is InChI=1S/C30H43F3O2/c1-2-3-4-5-6-7-20-8-9-25-17-24(15-14-23(25)16-20)21-10-12-22(13-11-21)30(34)35-26-18-27(31)29(33)28(32)19-26/h18-25H,2-17H2,1H3. The second kappa shape index (κ2) is 12.6. The van der Waals surface area contributed by atoms with Gasteiger partial charge in [-0.3, -0.25) is 4.79 Å². The molecule has 4 unspecified atom stereocenters. The second-order valence-corrected chi connectivity index (χ2v) is 11.7. The Balaban J connectivity index is 1.18. The van der Waals surface area contributed by atoms with Crippen molar-refractivity contribution in [3.8, 4) is 5.75 Å². The molecule has 5 heteroatoms. The Labute approximate surface area is 209 Å². The van der Waals surface area contributed by atoms with E-state index >= 15 is 0 Å². The summed E-state index contributed by atoms with van der Waals surface area (Å²) in [6, 6.07) is 1.48. The molecule has 1 aromatic rings. The number of ether oxygens (including phenoxy) is 1. The Hall–Kier alpha value is -1.52. The highest BCUT2D eigenvalue weighted by molar-refractivity contribution is 5.75. The highest BCUT2D eigenvalue weighted by atomic mass is 19.2. The van der Waals surface area contributed by atoms with E-state index < -0.39 is 23.4 Å². The third kappa shape index (κ3) is 7.04. The largest absolute Gasteiger partial charge is 0.426 e. The fourth-order valence-electron chi connectivity index (χ4n) is 7.37. The maximum absolute atomic E-state index is 13.4. The van der Waals surface area contributed by atoms with Crippen molar-refractivity contribution >= 4 is 5.97 Å². The minimum Gasteiger partial charge on any atom is -0.426 e. The van der Waals surface area contributed by atoms with Crippen LogP contribution in [0.2, 0.25) is 0 Å². The number of carbonyl (C=O) groups excluding carboxylic acids is 1. The molecule has 3 saturated carbocycles. The van der Waals surface area contributed by atoms with E-state index in [1.807, 2.05) is 0 Å². The van der Waals surface area contributed by atoms with E-state index in [1.165, 1.54) is 77.0 Å². The number of hydrogen-bond acceptors (Lipinski definition) is 2. The molecule has 0 spiro atoms. The van der Waals surface area contributed by atoms with Crippen molar-refractivity contribution in [2.45, 2.75) is 110 Å². The summed E-state index contributed by atoms with van der Waals surface area (Å²) in [5.74, 6) is -0.938. The van der Waals surface area contributed by atoms with Crippen LogP contribution in [0.4, 0.5) is 13.2 Å². The van der Waals surface area contributed by atoms with Gasteiger partial charge in [-0.25, -0.2) is 13.2 Å². The molecule has 0 saturated heterocycles. The fourth-order valence-corrected chi connectivity index (χ4v) is 7.37. The van der Waals surface area contributed by atoms with E-state index in [9.17, 15) is 18.0 Å². The number of rotatable bonds is 9. The smallest absolute Gasteiger partial charge is 0.314 e. The van der Waals surface area contributed by atoms with Crippen LogP contribution in [0.3, 0.4) is 0 Å². The van der Waals surface area contributed by atoms with Gasteiger partial charge in [0.1, 0.15) is 5.75 Å². The molecule has 4 atom stereocenters. The van der Waals surface area contributed by atoms with Gasteiger partial charge >= 0.3 is 5.97 Å². The zero-order valence-corrected chi connectivity index (χ0v) is 21.4. The van der Waals surface area contributed by atoms with Gasteiger partial charge in [0.05, 0.1) is 5.92 Å². The van der Waals surface area contributed by atoms with Crippen LogP contribution < -0.4 is 4.74 Å². The molecule has 0 aromatic heterocycles. The second-order valence-electron chi connectivity index (χ2n) is 11.7. The molecule has 0 radical (unpaired) electrons. The van der Waals surface area contributed by atoms with Gasteiger partial charge < -0.3 is 4.74 Å². The van der Waals surface area contributed by atoms with Crippen LogP contribution >= 0.6 is 0 Å². The Bertz CT molecular complexity index is 810. The lowest BCUT2D eigenvalue weighted by atomic mass is 9.60. The van der Waals surface area contributed by atoms with Crippen molar-refractivity contribution in [3.63, 3.8) is 0 Å². The van der Waals surface area contributed by atoms with Gasteiger partial charge in [0.2, 0.25) is 0 Å². The van der Waals surface area contributed by atoms with Gasteiger partial charge in [0.15, 0.2) is 17.5 Å². The molecular weight excluding hydrogens is 449 g/mol. The number of carbonyl (C=O) groups is 1. The fraction of sp³-hybridized carbons (Fsp3) is 0.767. The van der Waals surface area contributed by atoms with Crippen LogP contribution in [0.15, 0.2) is 12.1 Å². The van der Waals surface area contributed by atoms with Crippen LogP contribution in [0, 0.1) is 53.0 Å². The Morgan fingerprint density at radius 1 is 0.771 bits per heavy atom. The monoisotopic (exact) mass is 492 g/mol. The first-order valence-electron chi connectivity index (χ1n) is 14.3. The predicted molar refractivity (Wildman–Crippen MR) is 132 cm³/mol. The van der Waals surface area contributed by atoms with Crippen LogP contribution in [0.25, 0.3) is 0 Å². The minimum absolute atomic E-state index is 0.244. The highest BCUT2D eigenvalue weighted by Crippen LogP contribution is 2.49. The van der Waals surface area contributed by atoms with E-state index in [2.05, 4.69) is 6.92 Å². The Morgan fingerprint density at radius 2 is 1.34 bits per heavy atom. The lowest BCUT2D eigenvalue weighted by molar-refractivity contribution is -0.140. The molecule has 0 amide bonds. The lowest BCUT2D eigenvalue weighted by Gasteiger charge is -2.45. The van der Waals surface area contributed by atoms with E-state index in [1.54, 1.807) is 0 Å². The molecule has 1 aromatic carbocycles. The molecule has 3 fully saturated rings. The summed E-state index contributed by atoms with van der Waals surface area (Å²) in [5.41, 5.74) is 0. The molecule has 2 nitrogen and oxygen atoms in total. The number of hydrogen-bond donors (Lipinski definition) is 0. The van der Waals surface area contributed by atoms with Gasteiger partial charge in [-0.15, -0.1) is 0 Å². The topological polar surface area (TPSA) is 26.3 Å². The van der Waals surface area contributed by atoms with Crippen molar-refractivity contribution < 1.29 is 22.7 Å². The first kappa shape index (κ1) is 26.5. The quantitative estimate of drug-likeness (QED) is 0.149. The number of esters is 1. The molecule has 0 aliphatic heterocycles. The molecule has 35 heavy (non-hydrogen) atoms. The number of halogens is 3. The zero-order valence-electron chi connectivity index (χ0n) is 21.4. The van der Waals surface area contributed by atoms with E-state index in [4.69, 9.17) is 4.74 Å². The zero-order chi connectivity index (χ0) is 24.8. The van der Waals surface area contributed by atoms with Crippen LogP contribution in [0.5, 0.6) is 5.75 Å². The van der Waals surface area contributed by atoms with Gasteiger partial charge in [-0.1, -0.05) is 51.9 Å². The van der Waals surface area contributed by atoms with Crippen molar-refractivity contribution in [1.29, 1.82) is 0 Å². The summed E-state index contributed by atoms with van der Waals surface area (Å²) >= 11 is 0. The average Bonchev–Trinajstić information content (AvgIpc) is 2.87. The van der Waals surface area contributed by atoms with E-state index in [-0.39, 0.29) is 11.7 Å². The maximum atomic E-state index is 13.4. The van der Waals surface area contributed by atoms with Crippen molar-refractivity contribution in [2.24, 2.45) is 35.5 Å². The van der Waals surface area contributed by atoms with Crippen molar-refractivity contribution in [2.75, 3.05) is 0 Å². The minimum atomic E-state index is -1.55. The molecule has 3 aliphatic carbocycles. The van der Waals surface area contributed by atoms with Crippen LogP contribution in [-0.2, 0) is 4.79 Å². The summed E-state index contributed by atoms with van der Waals surface area (Å²) in [6.07, 6.45) is 20.3. The van der Waals surface area contributed by atoms with E-state index in [0.29, 0.717) is 5.92 Å². The molecule has 3 aliphatic rings. The first-order valence-corrected chi connectivity index (χ1v) is 14.3.